The molecule has 1 aromatic carbocycles. The van der Waals surface area contributed by atoms with Gasteiger partial charge in [-0.05, 0) is 37.7 Å². The van der Waals surface area contributed by atoms with E-state index in [1.807, 2.05) is 30.0 Å². The molecule has 1 saturated heterocycles. The van der Waals surface area contributed by atoms with E-state index in [-0.39, 0.29) is 11.8 Å². The number of aromatic nitrogens is 2. The highest BCUT2D eigenvalue weighted by Gasteiger charge is 2.31. The summed E-state index contributed by atoms with van der Waals surface area (Å²) in [6.45, 7) is 9.85. The van der Waals surface area contributed by atoms with Gasteiger partial charge in [-0.15, -0.1) is 0 Å². The number of fused-ring (bicyclic) bond motifs is 1. The fourth-order valence-corrected chi connectivity index (χ4v) is 4.65. The molecule has 0 N–H and O–H groups in total. The standard InChI is InChI=1S/C24H32N4O/c1-4-20(19-8-6-5-7-9-19)24(29)28-15-12-22-21(16-28)23(26-18(3)25-22)27-13-10-17(2)11-14-27/h5-9,17,20H,4,10-16H2,1-3H3/t20-/m0/s1. The van der Waals surface area contributed by atoms with Crippen LogP contribution in [0.25, 0.3) is 0 Å². The minimum absolute atomic E-state index is 0.0802. The number of amides is 1. The summed E-state index contributed by atoms with van der Waals surface area (Å²) in [5.74, 6) is 2.82. The smallest absolute Gasteiger partial charge is 0.230 e. The average Bonchev–Trinajstić information content (AvgIpc) is 2.74. The second-order valence-corrected chi connectivity index (χ2v) is 8.57. The van der Waals surface area contributed by atoms with Crippen LogP contribution < -0.4 is 4.90 Å². The molecule has 3 heterocycles. The maximum Gasteiger partial charge on any atom is 0.230 e. The van der Waals surface area contributed by atoms with Gasteiger partial charge in [0.25, 0.3) is 0 Å². The zero-order valence-electron chi connectivity index (χ0n) is 17.9. The Hall–Kier alpha value is -2.43. The number of piperidine rings is 1. The fourth-order valence-electron chi connectivity index (χ4n) is 4.65. The lowest BCUT2D eigenvalue weighted by Gasteiger charge is -2.36. The van der Waals surface area contributed by atoms with Gasteiger partial charge in [0.1, 0.15) is 11.6 Å². The predicted octanol–water partition coefficient (Wildman–Crippen LogP) is 4.10. The number of aryl methyl sites for hydroxylation is 1. The van der Waals surface area contributed by atoms with Gasteiger partial charge in [-0.3, -0.25) is 4.79 Å². The van der Waals surface area contributed by atoms with Crippen molar-refractivity contribution in [2.24, 2.45) is 5.92 Å². The molecule has 154 valence electrons. The molecule has 2 aliphatic heterocycles. The first-order valence-electron chi connectivity index (χ1n) is 11.0. The largest absolute Gasteiger partial charge is 0.356 e. The van der Waals surface area contributed by atoms with Gasteiger partial charge in [0.05, 0.1) is 18.2 Å². The van der Waals surface area contributed by atoms with Crippen LogP contribution >= 0.6 is 0 Å². The first kappa shape index (κ1) is 19.9. The zero-order valence-corrected chi connectivity index (χ0v) is 17.9. The number of rotatable bonds is 4. The van der Waals surface area contributed by atoms with Gasteiger partial charge in [-0.2, -0.15) is 0 Å². The van der Waals surface area contributed by atoms with Crippen molar-refractivity contribution in [3.8, 4) is 0 Å². The second-order valence-electron chi connectivity index (χ2n) is 8.57. The van der Waals surface area contributed by atoms with Gasteiger partial charge in [-0.1, -0.05) is 44.2 Å². The SMILES string of the molecule is CC[C@H](C(=O)N1CCc2nc(C)nc(N3CCC(C)CC3)c2C1)c1ccccc1. The minimum Gasteiger partial charge on any atom is -0.356 e. The number of carbonyl (C=O) groups is 1. The Bertz CT molecular complexity index is 859. The third-order valence-electron chi connectivity index (χ3n) is 6.45. The Morgan fingerprint density at radius 2 is 1.86 bits per heavy atom. The second kappa shape index (κ2) is 8.52. The Labute approximate surface area is 174 Å². The summed E-state index contributed by atoms with van der Waals surface area (Å²) >= 11 is 0. The van der Waals surface area contributed by atoms with Crippen molar-refractivity contribution >= 4 is 11.7 Å². The molecule has 29 heavy (non-hydrogen) atoms. The van der Waals surface area contributed by atoms with E-state index < -0.39 is 0 Å². The first-order chi connectivity index (χ1) is 14.1. The van der Waals surface area contributed by atoms with Crippen LogP contribution in [0, 0.1) is 12.8 Å². The van der Waals surface area contributed by atoms with Crippen LogP contribution in [0.5, 0.6) is 0 Å². The Morgan fingerprint density at radius 1 is 1.14 bits per heavy atom. The van der Waals surface area contributed by atoms with Gasteiger partial charge in [0.15, 0.2) is 0 Å². The van der Waals surface area contributed by atoms with E-state index >= 15 is 0 Å². The topological polar surface area (TPSA) is 49.3 Å². The van der Waals surface area contributed by atoms with Crippen molar-refractivity contribution in [3.05, 3.63) is 53.0 Å². The van der Waals surface area contributed by atoms with E-state index in [0.717, 1.165) is 66.9 Å². The molecular weight excluding hydrogens is 360 g/mol. The highest BCUT2D eigenvalue weighted by molar-refractivity contribution is 5.84. The molecule has 0 spiro atoms. The lowest BCUT2D eigenvalue weighted by atomic mass is 9.93. The molecule has 1 amide bonds. The van der Waals surface area contributed by atoms with Crippen LogP contribution in [0.15, 0.2) is 30.3 Å². The molecule has 0 unspecified atom stereocenters. The molecule has 2 aromatic rings. The van der Waals surface area contributed by atoms with E-state index in [4.69, 9.17) is 9.97 Å². The lowest BCUT2D eigenvalue weighted by molar-refractivity contribution is -0.133. The monoisotopic (exact) mass is 392 g/mol. The molecule has 5 heteroatoms. The highest BCUT2D eigenvalue weighted by Crippen LogP contribution is 2.31. The van der Waals surface area contributed by atoms with Crippen molar-refractivity contribution < 1.29 is 4.79 Å². The van der Waals surface area contributed by atoms with Crippen LogP contribution in [0.3, 0.4) is 0 Å². The molecule has 0 radical (unpaired) electrons. The van der Waals surface area contributed by atoms with Crippen LogP contribution in [0.4, 0.5) is 5.82 Å². The van der Waals surface area contributed by atoms with Gasteiger partial charge in [0, 0.05) is 31.6 Å². The Morgan fingerprint density at radius 3 is 2.55 bits per heavy atom. The average molecular weight is 393 g/mol. The van der Waals surface area contributed by atoms with Gasteiger partial charge >= 0.3 is 0 Å². The number of nitrogens with zero attached hydrogens (tertiary/aromatic N) is 4. The summed E-state index contributed by atoms with van der Waals surface area (Å²) in [7, 11) is 0. The van der Waals surface area contributed by atoms with Gasteiger partial charge in [0.2, 0.25) is 5.91 Å². The minimum atomic E-state index is -0.0802. The Kier molecular flexibility index (Phi) is 5.84. The van der Waals surface area contributed by atoms with Crippen molar-refractivity contribution in [2.45, 2.75) is 58.9 Å². The molecule has 0 saturated carbocycles. The molecule has 2 aliphatic rings. The summed E-state index contributed by atoms with van der Waals surface area (Å²) in [6.07, 6.45) is 4.03. The summed E-state index contributed by atoms with van der Waals surface area (Å²) in [4.78, 5) is 27.4. The number of hydrogen-bond acceptors (Lipinski definition) is 4. The maximum atomic E-state index is 13.4. The first-order valence-corrected chi connectivity index (χ1v) is 11.0. The molecule has 1 aromatic heterocycles. The predicted molar refractivity (Wildman–Crippen MR) is 116 cm³/mol. The van der Waals surface area contributed by atoms with Crippen LogP contribution in [-0.2, 0) is 17.8 Å². The zero-order chi connectivity index (χ0) is 20.4. The molecule has 4 rings (SSSR count). The number of hydrogen-bond donors (Lipinski definition) is 0. The summed E-state index contributed by atoms with van der Waals surface area (Å²) in [5.41, 5.74) is 3.40. The molecule has 1 atom stereocenters. The lowest BCUT2D eigenvalue weighted by Crippen LogP contribution is -2.41. The van der Waals surface area contributed by atoms with Gasteiger partial charge < -0.3 is 9.80 Å². The van der Waals surface area contributed by atoms with Crippen molar-refractivity contribution in [3.63, 3.8) is 0 Å². The Balaban J connectivity index is 1.59. The number of benzene rings is 1. The summed E-state index contributed by atoms with van der Waals surface area (Å²) < 4.78 is 0. The van der Waals surface area contributed by atoms with Crippen molar-refractivity contribution in [2.75, 3.05) is 24.5 Å². The van der Waals surface area contributed by atoms with Crippen LogP contribution in [0.1, 0.15) is 61.7 Å². The fraction of sp³-hybridized carbons (Fsp3) is 0.542. The molecule has 0 bridgehead atoms. The maximum absolute atomic E-state index is 13.4. The number of anilines is 1. The van der Waals surface area contributed by atoms with Crippen molar-refractivity contribution in [1.82, 2.24) is 14.9 Å². The van der Waals surface area contributed by atoms with Crippen molar-refractivity contribution in [1.29, 1.82) is 0 Å². The van der Waals surface area contributed by atoms with E-state index in [1.54, 1.807) is 0 Å². The van der Waals surface area contributed by atoms with E-state index in [9.17, 15) is 4.79 Å². The third kappa shape index (κ3) is 4.14. The van der Waals surface area contributed by atoms with Gasteiger partial charge in [-0.25, -0.2) is 9.97 Å². The molecule has 5 nitrogen and oxygen atoms in total. The van der Waals surface area contributed by atoms with E-state index in [1.165, 1.54) is 12.8 Å². The number of carbonyl (C=O) groups excluding carboxylic acids is 1. The quantitative estimate of drug-likeness (QED) is 0.786. The van der Waals surface area contributed by atoms with E-state index in [0.29, 0.717) is 6.54 Å². The summed E-state index contributed by atoms with van der Waals surface area (Å²) in [6, 6.07) is 10.2. The third-order valence-corrected chi connectivity index (χ3v) is 6.45. The normalized spacial score (nSPS) is 18.4. The summed E-state index contributed by atoms with van der Waals surface area (Å²) in [5, 5.41) is 0. The molecular formula is C24H32N4O. The van der Waals surface area contributed by atoms with Crippen LogP contribution in [-0.4, -0.2) is 40.4 Å². The molecule has 1 fully saturated rings. The highest BCUT2D eigenvalue weighted by atomic mass is 16.2. The molecule has 0 aliphatic carbocycles. The van der Waals surface area contributed by atoms with E-state index in [2.05, 4.69) is 30.9 Å². The van der Waals surface area contributed by atoms with Crippen LogP contribution in [0.2, 0.25) is 0 Å².